The molecule has 1 atom stereocenters. The van der Waals surface area contributed by atoms with Crippen LogP contribution >= 0.6 is 0 Å². The summed E-state index contributed by atoms with van der Waals surface area (Å²) in [5.41, 5.74) is 0. The van der Waals surface area contributed by atoms with Crippen molar-refractivity contribution in [3.63, 3.8) is 0 Å². The number of hydrogen-bond donors (Lipinski definition) is 2. The first kappa shape index (κ1) is 13.3. The molecule has 1 aromatic rings. The lowest BCUT2D eigenvalue weighted by atomic mass is 10.2. The SMILES string of the molecule is Cc1nc(CCNC(=O)N2CCC[C@H]2C(=O)O)no1. The molecule has 2 heterocycles. The van der Waals surface area contributed by atoms with Crippen molar-refractivity contribution >= 4 is 12.0 Å². The molecule has 19 heavy (non-hydrogen) atoms. The van der Waals surface area contributed by atoms with Gasteiger partial charge in [-0.3, -0.25) is 0 Å². The number of amides is 2. The van der Waals surface area contributed by atoms with Gasteiger partial charge in [0.15, 0.2) is 5.82 Å². The number of carbonyl (C=O) groups excluding carboxylic acids is 1. The molecule has 1 saturated heterocycles. The Morgan fingerprint density at radius 1 is 1.58 bits per heavy atom. The Kier molecular flexibility index (Phi) is 3.98. The number of aromatic nitrogens is 2. The van der Waals surface area contributed by atoms with Gasteiger partial charge in [-0.15, -0.1) is 0 Å². The summed E-state index contributed by atoms with van der Waals surface area (Å²) >= 11 is 0. The Morgan fingerprint density at radius 2 is 2.37 bits per heavy atom. The van der Waals surface area contributed by atoms with Crippen molar-refractivity contribution in [3.05, 3.63) is 11.7 Å². The normalized spacial score (nSPS) is 18.6. The highest BCUT2D eigenvalue weighted by molar-refractivity contribution is 5.83. The molecule has 0 saturated carbocycles. The minimum Gasteiger partial charge on any atom is -0.480 e. The molecule has 104 valence electrons. The third kappa shape index (κ3) is 3.21. The van der Waals surface area contributed by atoms with E-state index in [1.165, 1.54) is 4.90 Å². The number of aliphatic carboxylic acids is 1. The van der Waals surface area contributed by atoms with Gasteiger partial charge in [0.1, 0.15) is 6.04 Å². The van der Waals surface area contributed by atoms with Crippen LogP contribution in [0.25, 0.3) is 0 Å². The molecule has 0 bridgehead atoms. The smallest absolute Gasteiger partial charge is 0.326 e. The van der Waals surface area contributed by atoms with Crippen LogP contribution in [0.2, 0.25) is 0 Å². The van der Waals surface area contributed by atoms with Crippen LogP contribution < -0.4 is 5.32 Å². The van der Waals surface area contributed by atoms with Gasteiger partial charge in [-0.2, -0.15) is 4.98 Å². The van der Waals surface area contributed by atoms with Gasteiger partial charge in [-0.05, 0) is 12.8 Å². The molecule has 0 unspecified atom stereocenters. The predicted molar refractivity (Wildman–Crippen MR) is 63.5 cm³/mol. The van der Waals surface area contributed by atoms with Crippen LogP contribution in [0.5, 0.6) is 0 Å². The highest BCUT2D eigenvalue weighted by atomic mass is 16.5. The fraction of sp³-hybridized carbons (Fsp3) is 0.636. The Balaban J connectivity index is 1.79. The first-order valence-electron chi connectivity index (χ1n) is 6.14. The van der Waals surface area contributed by atoms with Crippen molar-refractivity contribution in [2.24, 2.45) is 0 Å². The second-order valence-electron chi connectivity index (χ2n) is 4.40. The molecule has 2 rings (SSSR count). The molecule has 2 amide bonds. The largest absolute Gasteiger partial charge is 0.480 e. The highest BCUT2D eigenvalue weighted by Gasteiger charge is 2.33. The number of carboxylic acid groups (broad SMARTS) is 1. The number of likely N-dealkylation sites (tertiary alicyclic amines) is 1. The van der Waals surface area contributed by atoms with Crippen LogP contribution in [-0.2, 0) is 11.2 Å². The number of hydrogen-bond acceptors (Lipinski definition) is 5. The van der Waals surface area contributed by atoms with Gasteiger partial charge in [0.2, 0.25) is 5.89 Å². The number of nitrogens with zero attached hydrogens (tertiary/aromatic N) is 3. The number of nitrogens with one attached hydrogen (secondary N) is 1. The number of urea groups is 1. The van der Waals surface area contributed by atoms with Crippen LogP contribution in [-0.4, -0.2) is 51.3 Å². The average Bonchev–Trinajstić information content (AvgIpc) is 2.97. The molecule has 0 radical (unpaired) electrons. The molecular weight excluding hydrogens is 252 g/mol. The second-order valence-corrected chi connectivity index (χ2v) is 4.40. The summed E-state index contributed by atoms with van der Waals surface area (Å²) in [6, 6.07) is -1.07. The van der Waals surface area contributed by atoms with Crippen molar-refractivity contribution in [2.45, 2.75) is 32.2 Å². The maximum Gasteiger partial charge on any atom is 0.326 e. The van der Waals surface area contributed by atoms with Gasteiger partial charge in [0.25, 0.3) is 0 Å². The highest BCUT2D eigenvalue weighted by Crippen LogP contribution is 2.17. The summed E-state index contributed by atoms with van der Waals surface area (Å²) < 4.78 is 4.81. The average molecular weight is 268 g/mol. The maximum atomic E-state index is 11.8. The molecule has 2 N–H and O–H groups in total. The quantitative estimate of drug-likeness (QED) is 0.806. The summed E-state index contributed by atoms with van der Waals surface area (Å²) in [5, 5.41) is 15.4. The summed E-state index contributed by atoms with van der Waals surface area (Å²) in [4.78, 5) is 28.2. The molecule has 0 aromatic carbocycles. The van der Waals surface area contributed by atoms with Crippen molar-refractivity contribution < 1.29 is 19.2 Å². The first-order chi connectivity index (χ1) is 9.08. The van der Waals surface area contributed by atoms with Crippen LogP contribution in [0, 0.1) is 6.92 Å². The zero-order valence-corrected chi connectivity index (χ0v) is 10.6. The van der Waals surface area contributed by atoms with Gasteiger partial charge >= 0.3 is 12.0 Å². The van der Waals surface area contributed by atoms with E-state index in [1.54, 1.807) is 6.92 Å². The minimum atomic E-state index is -0.957. The number of rotatable bonds is 4. The van der Waals surface area contributed by atoms with Crippen LogP contribution in [0.4, 0.5) is 4.79 Å². The number of carboxylic acids is 1. The van der Waals surface area contributed by atoms with Gasteiger partial charge in [0.05, 0.1) is 0 Å². The molecule has 8 heteroatoms. The third-order valence-electron chi connectivity index (χ3n) is 2.99. The van der Waals surface area contributed by atoms with E-state index < -0.39 is 12.0 Å². The standard InChI is InChI=1S/C11H16N4O4/c1-7-13-9(14-19-7)4-5-12-11(18)15-6-2-3-8(15)10(16)17/h8H,2-6H2,1H3,(H,12,18)(H,16,17)/t8-/m0/s1. The number of carbonyl (C=O) groups is 2. The summed E-state index contributed by atoms with van der Waals surface area (Å²) in [6.45, 7) is 2.52. The van der Waals surface area contributed by atoms with E-state index in [0.717, 1.165) is 0 Å². The van der Waals surface area contributed by atoms with E-state index >= 15 is 0 Å². The van der Waals surface area contributed by atoms with Gasteiger partial charge in [0, 0.05) is 26.4 Å². The third-order valence-corrected chi connectivity index (χ3v) is 2.99. The Morgan fingerprint density at radius 3 is 3.00 bits per heavy atom. The Labute approximate surface area is 109 Å². The monoisotopic (exact) mass is 268 g/mol. The molecule has 8 nitrogen and oxygen atoms in total. The number of aryl methyl sites for hydroxylation is 1. The fourth-order valence-corrected chi connectivity index (χ4v) is 2.09. The molecule has 1 aromatic heterocycles. The topological polar surface area (TPSA) is 109 Å². The molecular formula is C11H16N4O4. The summed E-state index contributed by atoms with van der Waals surface area (Å²) in [6.07, 6.45) is 1.68. The van der Waals surface area contributed by atoms with Crippen molar-refractivity contribution in [1.29, 1.82) is 0 Å². The van der Waals surface area contributed by atoms with Crippen molar-refractivity contribution in [2.75, 3.05) is 13.1 Å². The molecule has 1 aliphatic rings. The van der Waals surface area contributed by atoms with Crippen molar-refractivity contribution in [1.82, 2.24) is 20.4 Å². The van der Waals surface area contributed by atoms with Gasteiger partial charge in [-0.1, -0.05) is 5.16 Å². The molecule has 1 fully saturated rings. The lowest BCUT2D eigenvalue weighted by molar-refractivity contribution is -0.141. The van der Waals surface area contributed by atoms with E-state index in [1.807, 2.05) is 0 Å². The lowest BCUT2D eigenvalue weighted by Crippen LogP contribution is -2.46. The zero-order valence-electron chi connectivity index (χ0n) is 10.6. The fourth-order valence-electron chi connectivity index (χ4n) is 2.09. The van der Waals surface area contributed by atoms with E-state index in [2.05, 4.69) is 15.5 Å². The molecule has 0 spiro atoms. The zero-order chi connectivity index (χ0) is 13.8. The van der Waals surface area contributed by atoms with E-state index in [9.17, 15) is 9.59 Å². The van der Waals surface area contributed by atoms with E-state index in [-0.39, 0.29) is 6.03 Å². The maximum absolute atomic E-state index is 11.8. The van der Waals surface area contributed by atoms with Gasteiger partial charge in [-0.25, -0.2) is 9.59 Å². The van der Waals surface area contributed by atoms with E-state index in [4.69, 9.17) is 9.63 Å². The molecule has 1 aliphatic heterocycles. The van der Waals surface area contributed by atoms with E-state index in [0.29, 0.717) is 44.1 Å². The van der Waals surface area contributed by atoms with Crippen LogP contribution in [0.3, 0.4) is 0 Å². The Bertz CT molecular complexity index is 473. The summed E-state index contributed by atoms with van der Waals surface area (Å²) in [7, 11) is 0. The predicted octanol–water partition coefficient (Wildman–Crippen LogP) is 0.179. The summed E-state index contributed by atoms with van der Waals surface area (Å²) in [5.74, 6) is 0.0438. The lowest BCUT2D eigenvalue weighted by Gasteiger charge is -2.21. The minimum absolute atomic E-state index is 0.348. The molecule has 0 aliphatic carbocycles. The van der Waals surface area contributed by atoms with Gasteiger partial charge < -0.3 is 19.8 Å². The first-order valence-corrected chi connectivity index (χ1v) is 6.14. The van der Waals surface area contributed by atoms with Crippen LogP contribution in [0.15, 0.2) is 4.52 Å². The van der Waals surface area contributed by atoms with Crippen LogP contribution in [0.1, 0.15) is 24.6 Å². The Hall–Kier alpha value is -2.12. The second kappa shape index (κ2) is 5.68. The van der Waals surface area contributed by atoms with Crippen molar-refractivity contribution in [3.8, 4) is 0 Å².